The van der Waals surface area contributed by atoms with Crippen molar-refractivity contribution in [3.8, 4) is 22.5 Å². The first-order chi connectivity index (χ1) is 18.8. The van der Waals surface area contributed by atoms with Crippen molar-refractivity contribution in [3.05, 3.63) is 112 Å². The third kappa shape index (κ3) is 5.56. The summed E-state index contributed by atoms with van der Waals surface area (Å²) in [7, 11) is 0. The highest BCUT2D eigenvalue weighted by Crippen LogP contribution is 2.36. The minimum Gasteiger partial charge on any atom is -0.478 e. The standard InChI is InChI=1S/C32H28ClN3O3/c1-3-7-27(20-8-5-4-6-9-20)36-31(37)21-11-13-23(26(17-21)32(38)39)25-18-22(33)12-14-24(25)30-34-28-15-10-19(2)16-29(28)35-30/h4-6,8-18,27H,3,7H2,1-2H3,(H,34,35)(H,36,37)(H,38,39). The maximum atomic E-state index is 13.3. The number of amides is 1. The van der Waals surface area contributed by atoms with Gasteiger partial charge in [-0.15, -0.1) is 0 Å². The zero-order valence-corrected chi connectivity index (χ0v) is 22.4. The number of carboxylic acids is 1. The third-order valence-electron chi connectivity index (χ3n) is 6.76. The Morgan fingerprint density at radius 2 is 1.72 bits per heavy atom. The van der Waals surface area contributed by atoms with E-state index >= 15 is 0 Å². The molecule has 0 saturated heterocycles. The number of carboxylic acid groups (broad SMARTS) is 1. The number of hydrogen-bond acceptors (Lipinski definition) is 3. The molecule has 0 saturated carbocycles. The molecule has 1 aromatic heterocycles. The van der Waals surface area contributed by atoms with Crippen LogP contribution in [0.25, 0.3) is 33.5 Å². The van der Waals surface area contributed by atoms with Gasteiger partial charge in [0.15, 0.2) is 0 Å². The van der Waals surface area contributed by atoms with E-state index in [1.54, 1.807) is 24.3 Å². The summed E-state index contributed by atoms with van der Waals surface area (Å²) >= 11 is 6.37. The molecule has 0 fully saturated rings. The van der Waals surface area contributed by atoms with Gasteiger partial charge in [-0.2, -0.15) is 0 Å². The molecule has 1 amide bonds. The lowest BCUT2D eigenvalue weighted by Crippen LogP contribution is -2.28. The Labute approximate surface area is 231 Å². The lowest BCUT2D eigenvalue weighted by molar-refractivity contribution is 0.0697. The minimum absolute atomic E-state index is 0.00451. The molecule has 39 heavy (non-hydrogen) atoms. The van der Waals surface area contributed by atoms with Crippen LogP contribution < -0.4 is 5.32 Å². The van der Waals surface area contributed by atoms with E-state index in [0.29, 0.717) is 27.5 Å². The van der Waals surface area contributed by atoms with Crippen LogP contribution in [0, 0.1) is 6.92 Å². The molecule has 0 bridgehead atoms. The second kappa shape index (κ2) is 11.1. The predicted octanol–water partition coefficient (Wildman–Crippen LogP) is 7.83. The smallest absolute Gasteiger partial charge is 0.336 e. The van der Waals surface area contributed by atoms with Crippen LogP contribution in [0.3, 0.4) is 0 Å². The van der Waals surface area contributed by atoms with Crippen LogP contribution in [0.1, 0.15) is 57.7 Å². The van der Waals surface area contributed by atoms with Gasteiger partial charge in [0.2, 0.25) is 0 Å². The Morgan fingerprint density at radius 1 is 0.949 bits per heavy atom. The number of halogens is 1. The number of nitrogens with zero attached hydrogens (tertiary/aromatic N) is 1. The van der Waals surface area contributed by atoms with Crippen LogP contribution in [0.15, 0.2) is 84.9 Å². The van der Waals surface area contributed by atoms with Gasteiger partial charge in [-0.25, -0.2) is 9.78 Å². The number of carbonyl (C=O) groups is 2. The molecule has 0 spiro atoms. The summed E-state index contributed by atoms with van der Waals surface area (Å²) in [6.45, 7) is 4.06. The van der Waals surface area contributed by atoms with Gasteiger partial charge in [-0.3, -0.25) is 4.79 Å². The van der Waals surface area contributed by atoms with E-state index in [0.717, 1.165) is 35.0 Å². The Bertz CT molecular complexity index is 1680. The average molecular weight is 538 g/mol. The molecule has 196 valence electrons. The molecule has 0 aliphatic carbocycles. The van der Waals surface area contributed by atoms with Gasteiger partial charge in [0.25, 0.3) is 5.91 Å². The van der Waals surface area contributed by atoms with Crippen molar-refractivity contribution >= 4 is 34.5 Å². The summed E-state index contributed by atoms with van der Waals surface area (Å²) in [4.78, 5) is 33.8. The first-order valence-electron chi connectivity index (χ1n) is 12.8. The largest absolute Gasteiger partial charge is 0.478 e. The normalized spacial score (nSPS) is 11.9. The molecule has 0 aliphatic heterocycles. The van der Waals surface area contributed by atoms with Crippen molar-refractivity contribution < 1.29 is 14.7 Å². The maximum absolute atomic E-state index is 13.3. The number of aromatic nitrogens is 2. The summed E-state index contributed by atoms with van der Waals surface area (Å²) in [6.07, 6.45) is 1.65. The van der Waals surface area contributed by atoms with Crippen LogP contribution in [-0.4, -0.2) is 27.0 Å². The molecule has 6 nitrogen and oxygen atoms in total. The van der Waals surface area contributed by atoms with Crippen molar-refractivity contribution in [2.45, 2.75) is 32.7 Å². The van der Waals surface area contributed by atoms with E-state index in [4.69, 9.17) is 16.6 Å². The summed E-state index contributed by atoms with van der Waals surface area (Å²) in [5.74, 6) is -0.866. The number of carbonyl (C=O) groups excluding carboxylic acids is 1. The van der Waals surface area contributed by atoms with Gasteiger partial charge >= 0.3 is 5.97 Å². The quantitative estimate of drug-likeness (QED) is 0.188. The second-order valence-electron chi connectivity index (χ2n) is 9.59. The zero-order valence-electron chi connectivity index (χ0n) is 21.7. The van der Waals surface area contributed by atoms with Crippen molar-refractivity contribution in [1.29, 1.82) is 0 Å². The number of H-pyrrole nitrogens is 1. The average Bonchev–Trinajstić information content (AvgIpc) is 3.35. The number of aromatic carboxylic acids is 1. The molecule has 1 heterocycles. The van der Waals surface area contributed by atoms with Gasteiger partial charge in [0, 0.05) is 16.1 Å². The van der Waals surface area contributed by atoms with Crippen LogP contribution in [-0.2, 0) is 0 Å². The highest BCUT2D eigenvalue weighted by Gasteiger charge is 2.21. The minimum atomic E-state index is -1.14. The molecule has 0 radical (unpaired) electrons. The van der Waals surface area contributed by atoms with Crippen LogP contribution in [0.2, 0.25) is 5.02 Å². The molecule has 5 rings (SSSR count). The highest BCUT2D eigenvalue weighted by atomic mass is 35.5. The summed E-state index contributed by atoms with van der Waals surface area (Å²) < 4.78 is 0. The number of aromatic amines is 1. The van der Waals surface area contributed by atoms with Crippen LogP contribution >= 0.6 is 11.6 Å². The maximum Gasteiger partial charge on any atom is 0.336 e. The summed E-state index contributed by atoms with van der Waals surface area (Å²) in [5, 5.41) is 13.7. The number of fused-ring (bicyclic) bond motifs is 1. The van der Waals surface area contributed by atoms with Gasteiger partial charge in [-0.05, 0) is 78.1 Å². The highest BCUT2D eigenvalue weighted by molar-refractivity contribution is 6.31. The zero-order chi connectivity index (χ0) is 27.5. The number of rotatable bonds is 8. The van der Waals surface area contributed by atoms with E-state index in [1.165, 1.54) is 6.07 Å². The number of aryl methyl sites for hydroxylation is 1. The van der Waals surface area contributed by atoms with Gasteiger partial charge in [0.05, 0.1) is 22.6 Å². The fourth-order valence-corrected chi connectivity index (χ4v) is 5.00. The molecule has 5 aromatic rings. The van der Waals surface area contributed by atoms with E-state index in [-0.39, 0.29) is 23.1 Å². The Kier molecular flexibility index (Phi) is 7.48. The molecule has 1 atom stereocenters. The van der Waals surface area contributed by atoms with Crippen molar-refractivity contribution in [2.24, 2.45) is 0 Å². The van der Waals surface area contributed by atoms with Crippen LogP contribution in [0.4, 0.5) is 0 Å². The van der Waals surface area contributed by atoms with Crippen LogP contribution in [0.5, 0.6) is 0 Å². The van der Waals surface area contributed by atoms with E-state index < -0.39 is 5.97 Å². The Balaban J connectivity index is 1.54. The third-order valence-corrected chi connectivity index (χ3v) is 7.00. The van der Waals surface area contributed by atoms with E-state index in [1.807, 2.05) is 61.5 Å². The number of benzene rings is 4. The molecule has 7 heteroatoms. The fourth-order valence-electron chi connectivity index (χ4n) is 4.82. The molecule has 4 aromatic carbocycles. The van der Waals surface area contributed by atoms with Gasteiger partial charge in [-0.1, -0.05) is 67.4 Å². The molecular weight excluding hydrogens is 510 g/mol. The predicted molar refractivity (Wildman–Crippen MR) is 155 cm³/mol. The van der Waals surface area contributed by atoms with Crippen molar-refractivity contribution in [1.82, 2.24) is 15.3 Å². The van der Waals surface area contributed by atoms with Gasteiger partial charge in [0.1, 0.15) is 5.82 Å². The van der Waals surface area contributed by atoms with E-state index in [2.05, 4.69) is 17.2 Å². The molecule has 3 N–H and O–H groups in total. The Morgan fingerprint density at radius 3 is 2.46 bits per heavy atom. The summed E-state index contributed by atoms with van der Waals surface area (Å²) in [6, 6.07) is 25.6. The fraction of sp³-hybridized carbons (Fsp3) is 0.156. The number of hydrogen-bond donors (Lipinski definition) is 3. The second-order valence-corrected chi connectivity index (χ2v) is 10.0. The Hall–Kier alpha value is -4.42. The lowest BCUT2D eigenvalue weighted by Gasteiger charge is -2.19. The van der Waals surface area contributed by atoms with Crippen molar-refractivity contribution in [3.63, 3.8) is 0 Å². The molecule has 0 aliphatic rings. The van der Waals surface area contributed by atoms with E-state index in [9.17, 15) is 14.7 Å². The molecule has 1 unspecified atom stereocenters. The lowest BCUT2D eigenvalue weighted by atomic mass is 9.93. The first-order valence-corrected chi connectivity index (χ1v) is 13.2. The first kappa shape index (κ1) is 26.2. The SMILES string of the molecule is CCCC(NC(=O)c1ccc(-c2cc(Cl)ccc2-c2nc3cc(C)ccc3[nH]2)c(C(=O)O)c1)c1ccccc1. The topological polar surface area (TPSA) is 95.1 Å². The van der Waals surface area contributed by atoms with Crippen molar-refractivity contribution in [2.75, 3.05) is 0 Å². The van der Waals surface area contributed by atoms with Gasteiger partial charge < -0.3 is 15.4 Å². The summed E-state index contributed by atoms with van der Waals surface area (Å²) in [5.41, 5.74) is 5.83. The monoisotopic (exact) mass is 537 g/mol. The number of imidazole rings is 1. The molecular formula is C32H28ClN3O3. The number of nitrogens with one attached hydrogen (secondary N) is 2.